The number of methoxy groups -OCH3 is 1. The highest BCUT2D eigenvalue weighted by atomic mass is 16.5. The number of hydrogen-bond acceptors (Lipinski definition) is 15. The van der Waals surface area contributed by atoms with E-state index < -0.39 is 145 Å². The third kappa shape index (κ3) is 18.8. The monoisotopic (exact) mass is 1030 g/mol. The standard InChI is InChI=1S/C46H74N12O15/c1-20(2)19-30(40(66)51-29(16-17-31(47)62)39(65)57-35(44(70)58(8)23(5)45(71)72)36(73-9)26-12-14-27(61)15-13-26)53-38(64)28(11-10-18-50-46(48)49)52-42(68)33(24(6)59)56-43(69)34(25(7)60)55-41(67)32-21(3)22(4)37(63)54-32/h12-15,20-25,28-30,32-36,59-61H,10-11,16-19H2,1-9H3,(H2,47,62)(H,51,66)(H,52,68)(H,53,64)(H,54,63)(H,55,67)(H,56,69)(H,57,65)(H,71,72)(H4,48,49,50)/t21-,22+,23-,24+,25+,28+,29-,30-,32-,33+,34+,35+,36+/m0/s1. The summed E-state index contributed by atoms with van der Waals surface area (Å²) in [4.78, 5) is 138. The molecule has 1 aromatic carbocycles. The van der Waals surface area contributed by atoms with Gasteiger partial charge in [-0.05, 0) is 76.0 Å². The Hall–Kier alpha value is -7.13. The summed E-state index contributed by atoms with van der Waals surface area (Å²) >= 11 is 0. The first-order valence-electron chi connectivity index (χ1n) is 23.7. The van der Waals surface area contributed by atoms with Gasteiger partial charge < -0.3 is 84.5 Å². The van der Waals surface area contributed by atoms with Gasteiger partial charge >= 0.3 is 5.97 Å². The highest BCUT2D eigenvalue weighted by molar-refractivity contribution is 5.99. The minimum absolute atomic E-state index is 0.0368. The van der Waals surface area contributed by atoms with Crippen LogP contribution in [0.5, 0.6) is 5.75 Å². The van der Waals surface area contributed by atoms with E-state index in [0.717, 1.165) is 11.8 Å². The number of nitrogens with one attached hydrogen (secondary N) is 7. The number of carbonyl (C=O) groups excluding carboxylic acids is 9. The fourth-order valence-electron chi connectivity index (χ4n) is 7.61. The summed E-state index contributed by atoms with van der Waals surface area (Å²) in [7, 11) is 2.40. The number of rotatable bonds is 29. The molecule has 408 valence electrons. The number of nitrogens with two attached hydrogens (primary N) is 3. The number of carboxylic acid groups (broad SMARTS) is 1. The van der Waals surface area contributed by atoms with Gasteiger partial charge in [0.05, 0.1) is 12.2 Å². The molecule has 0 radical (unpaired) electrons. The fourth-order valence-corrected chi connectivity index (χ4v) is 7.61. The van der Waals surface area contributed by atoms with Crippen molar-refractivity contribution in [2.24, 2.45) is 39.9 Å². The molecule has 73 heavy (non-hydrogen) atoms. The number of carboxylic acids is 1. The van der Waals surface area contributed by atoms with Gasteiger partial charge in [0, 0.05) is 33.0 Å². The first kappa shape index (κ1) is 62.0. The number of carbonyl (C=O) groups is 10. The van der Waals surface area contributed by atoms with Crippen LogP contribution in [0.3, 0.4) is 0 Å². The number of aliphatic imine (C=N–C) groups is 1. The van der Waals surface area contributed by atoms with Crippen LogP contribution in [0.4, 0.5) is 0 Å². The Labute approximate surface area is 422 Å². The number of benzene rings is 1. The molecule has 17 N–H and O–H groups in total. The van der Waals surface area contributed by atoms with Crippen LogP contribution in [0.1, 0.15) is 92.2 Å². The highest BCUT2D eigenvalue weighted by Crippen LogP contribution is 2.26. The van der Waals surface area contributed by atoms with Gasteiger partial charge in [0.2, 0.25) is 53.2 Å². The lowest BCUT2D eigenvalue weighted by molar-refractivity contribution is -0.151. The van der Waals surface area contributed by atoms with E-state index in [1.807, 2.05) is 0 Å². The molecular weight excluding hydrogens is 961 g/mol. The van der Waals surface area contributed by atoms with E-state index in [0.29, 0.717) is 0 Å². The Balaban J connectivity index is 2.50. The van der Waals surface area contributed by atoms with Gasteiger partial charge in [0.25, 0.3) is 0 Å². The molecule has 1 aliphatic heterocycles. The molecular formula is C46H74N12O15. The van der Waals surface area contributed by atoms with Crippen LogP contribution in [0, 0.1) is 17.8 Å². The number of primary amides is 1. The largest absolute Gasteiger partial charge is 0.508 e. The molecule has 0 saturated carbocycles. The van der Waals surface area contributed by atoms with Crippen molar-refractivity contribution in [1.29, 1.82) is 0 Å². The SMILES string of the molecule is CO[C@H](c1ccc(O)cc1)[C@@H](NC(=O)[C@H](CCC(N)=O)NC(=O)[C@H](CC(C)C)NC(=O)[C@@H](CCCN=C(N)N)NC(=O)[C@H](NC(=O)[C@H](NC(=O)[C@H]1NC(=O)[C@H](C)[C@@H]1C)[C@@H](C)O)[C@@H](C)O)C(=O)N(C)[C@@H](C)C(=O)O. The number of aromatic hydroxyl groups is 1. The number of nitrogens with zero attached hydrogens (tertiary/aromatic N) is 2. The fraction of sp³-hybridized carbons (Fsp3) is 0.630. The van der Waals surface area contributed by atoms with Crippen molar-refractivity contribution < 1.29 is 73.1 Å². The van der Waals surface area contributed by atoms with E-state index in [9.17, 15) is 68.4 Å². The van der Waals surface area contributed by atoms with Crippen molar-refractivity contribution in [2.45, 2.75) is 147 Å². The maximum absolute atomic E-state index is 14.2. The van der Waals surface area contributed by atoms with E-state index >= 15 is 0 Å². The molecule has 1 fully saturated rings. The van der Waals surface area contributed by atoms with Gasteiger partial charge in [-0.2, -0.15) is 0 Å². The third-order valence-electron chi connectivity index (χ3n) is 12.3. The third-order valence-corrected chi connectivity index (χ3v) is 12.3. The van der Waals surface area contributed by atoms with Gasteiger partial charge in [-0.25, -0.2) is 4.79 Å². The molecule has 1 aromatic rings. The lowest BCUT2D eigenvalue weighted by atomic mass is 9.93. The van der Waals surface area contributed by atoms with Crippen molar-refractivity contribution in [3.63, 3.8) is 0 Å². The lowest BCUT2D eigenvalue weighted by Crippen LogP contribution is -2.63. The molecule has 1 heterocycles. The van der Waals surface area contributed by atoms with Crippen molar-refractivity contribution in [1.82, 2.24) is 42.1 Å². The van der Waals surface area contributed by atoms with E-state index in [4.69, 9.17) is 21.9 Å². The molecule has 27 heteroatoms. The molecule has 0 aliphatic carbocycles. The van der Waals surface area contributed by atoms with Gasteiger partial charge in [-0.3, -0.25) is 48.1 Å². The van der Waals surface area contributed by atoms with Crippen LogP contribution in [0.2, 0.25) is 0 Å². The average Bonchev–Trinajstić information content (AvgIpc) is 3.57. The average molecular weight is 1040 g/mol. The molecule has 9 amide bonds. The number of amides is 9. The molecule has 1 saturated heterocycles. The zero-order chi connectivity index (χ0) is 55.6. The smallest absolute Gasteiger partial charge is 0.326 e. The summed E-state index contributed by atoms with van der Waals surface area (Å²) in [6.45, 7) is 10.2. The van der Waals surface area contributed by atoms with Gasteiger partial charge in [-0.1, -0.05) is 39.8 Å². The topological polar surface area (TPSA) is 439 Å². The van der Waals surface area contributed by atoms with E-state index in [1.54, 1.807) is 27.7 Å². The predicted octanol–water partition coefficient (Wildman–Crippen LogP) is -4.18. The van der Waals surface area contributed by atoms with Crippen LogP contribution < -0.4 is 54.4 Å². The summed E-state index contributed by atoms with van der Waals surface area (Å²) in [5, 5.41) is 58.1. The van der Waals surface area contributed by atoms with Crippen LogP contribution in [0.25, 0.3) is 0 Å². The highest BCUT2D eigenvalue weighted by Gasteiger charge is 2.43. The molecule has 13 atom stereocenters. The first-order valence-corrected chi connectivity index (χ1v) is 23.7. The van der Waals surface area contributed by atoms with Crippen LogP contribution in [0.15, 0.2) is 29.3 Å². The lowest BCUT2D eigenvalue weighted by Gasteiger charge is -2.33. The number of aliphatic carboxylic acids is 1. The Morgan fingerprint density at radius 2 is 1.23 bits per heavy atom. The Kier molecular flexibility index (Phi) is 24.4. The number of hydrogen-bond donors (Lipinski definition) is 14. The second-order valence-corrected chi connectivity index (χ2v) is 18.6. The van der Waals surface area contributed by atoms with Crippen molar-refractivity contribution in [2.75, 3.05) is 20.7 Å². The Morgan fingerprint density at radius 3 is 1.73 bits per heavy atom. The number of phenolic OH excluding ortho intramolecular Hbond substituents is 1. The maximum Gasteiger partial charge on any atom is 0.326 e. The number of guanidine groups is 1. The zero-order valence-corrected chi connectivity index (χ0v) is 42.5. The minimum Gasteiger partial charge on any atom is -0.508 e. The summed E-state index contributed by atoms with van der Waals surface area (Å²) in [6.07, 6.45) is -5.62. The Morgan fingerprint density at radius 1 is 0.740 bits per heavy atom. The molecule has 1 aliphatic rings. The first-order chi connectivity index (χ1) is 34.0. The number of ether oxygens (including phenoxy) is 1. The quantitative estimate of drug-likeness (QED) is 0.0206. The number of phenols is 1. The van der Waals surface area contributed by atoms with Crippen molar-refractivity contribution in [3.8, 4) is 5.75 Å². The molecule has 0 spiro atoms. The second-order valence-electron chi connectivity index (χ2n) is 18.6. The molecule has 0 unspecified atom stereocenters. The summed E-state index contributed by atoms with van der Waals surface area (Å²) in [6, 6.07) is -6.84. The van der Waals surface area contributed by atoms with E-state index in [1.165, 1.54) is 52.3 Å². The van der Waals surface area contributed by atoms with E-state index in [-0.39, 0.29) is 54.9 Å². The summed E-state index contributed by atoms with van der Waals surface area (Å²) in [5.41, 5.74) is 16.6. The van der Waals surface area contributed by atoms with E-state index in [2.05, 4.69) is 42.2 Å². The van der Waals surface area contributed by atoms with Crippen molar-refractivity contribution >= 4 is 65.1 Å². The molecule has 27 nitrogen and oxygen atoms in total. The Bertz CT molecular complexity index is 2150. The van der Waals surface area contributed by atoms with Crippen LogP contribution >= 0.6 is 0 Å². The second kappa shape index (κ2) is 28.8. The van der Waals surface area contributed by atoms with Gasteiger partial charge in [0.1, 0.15) is 60.2 Å². The maximum atomic E-state index is 14.2. The van der Waals surface area contributed by atoms with Crippen molar-refractivity contribution in [3.05, 3.63) is 29.8 Å². The van der Waals surface area contributed by atoms with Gasteiger partial charge in [0.15, 0.2) is 5.96 Å². The predicted molar refractivity (Wildman–Crippen MR) is 261 cm³/mol. The van der Waals surface area contributed by atoms with Crippen LogP contribution in [-0.2, 0) is 52.7 Å². The minimum atomic E-state index is -1.81. The summed E-state index contributed by atoms with van der Waals surface area (Å²) < 4.78 is 5.62. The number of aliphatic hydroxyl groups is 2. The number of aliphatic hydroxyl groups excluding tert-OH is 2. The van der Waals surface area contributed by atoms with Gasteiger partial charge in [-0.15, -0.1) is 0 Å². The molecule has 2 rings (SSSR count). The zero-order valence-electron chi connectivity index (χ0n) is 42.5. The molecule has 0 bridgehead atoms. The number of likely N-dealkylation sites (N-methyl/N-ethyl adjacent to an activating group) is 1. The normalized spacial score (nSPS) is 19.3. The molecule has 0 aromatic heterocycles. The van der Waals surface area contributed by atoms with Crippen LogP contribution in [-0.4, -0.2) is 172 Å². The summed E-state index contributed by atoms with van der Waals surface area (Å²) in [5.74, 6) is -11.3.